The highest BCUT2D eigenvalue weighted by atomic mass is 16.5. The van der Waals surface area contributed by atoms with Gasteiger partial charge in [-0.25, -0.2) is 9.97 Å². The molecule has 8 nitrogen and oxygen atoms in total. The number of nitrogens with zero attached hydrogens (tertiary/aromatic N) is 3. The van der Waals surface area contributed by atoms with E-state index in [1.807, 2.05) is 74.6 Å². The molecule has 4 rings (SSSR count). The van der Waals surface area contributed by atoms with Crippen LogP contribution in [0.5, 0.6) is 5.75 Å². The molecular weight excluding hydrogens is 440 g/mol. The summed E-state index contributed by atoms with van der Waals surface area (Å²) >= 11 is 0. The van der Waals surface area contributed by atoms with Gasteiger partial charge in [0.2, 0.25) is 11.9 Å². The second-order valence-corrected chi connectivity index (χ2v) is 8.04. The molecule has 178 valence electrons. The largest absolute Gasteiger partial charge is 0.497 e. The van der Waals surface area contributed by atoms with E-state index in [0.29, 0.717) is 24.9 Å². The van der Waals surface area contributed by atoms with Gasteiger partial charge in [-0.2, -0.15) is 0 Å². The van der Waals surface area contributed by atoms with Gasteiger partial charge in [0.15, 0.2) is 0 Å². The predicted octanol–water partition coefficient (Wildman–Crippen LogP) is 4.42. The number of carbonyl (C=O) groups is 1. The summed E-state index contributed by atoms with van der Waals surface area (Å²) in [5.41, 5.74) is 4.71. The van der Waals surface area contributed by atoms with Gasteiger partial charge in [-0.1, -0.05) is 30.3 Å². The number of aryl methyl sites for hydroxylation is 2. The van der Waals surface area contributed by atoms with Gasteiger partial charge in [0.25, 0.3) is 5.91 Å². The Hall–Kier alpha value is -4.46. The van der Waals surface area contributed by atoms with Crippen LogP contribution in [0.4, 0.5) is 5.95 Å². The second kappa shape index (κ2) is 11.1. The number of H-pyrrole nitrogens is 1. The average molecular weight is 469 g/mol. The first-order chi connectivity index (χ1) is 17.0. The van der Waals surface area contributed by atoms with Crippen LogP contribution in [0.25, 0.3) is 17.0 Å². The molecule has 0 radical (unpaired) electrons. The summed E-state index contributed by atoms with van der Waals surface area (Å²) in [4.78, 5) is 29.3. The van der Waals surface area contributed by atoms with E-state index in [0.717, 1.165) is 39.2 Å². The Morgan fingerprint density at radius 1 is 1.09 bits per heavy atom. The zero-order chi connectivity index (χ0) is 24.6. The molecule has 2 heterocycles. The topological polar surface area (TPSA) is 104 Å². The van der Waals surface area contributed by atoms with Crippen molar-refractivity contribution in [1.29, 1.82) is 0 Å². The van der Waals surface area contributed by atoms with Crippen molar-refractivity contribution in [3.63, 3.8) is 0 Å². The highest BCUT2D eigenvalue weighted by Gasteiger charge is 2.09. The summed E-state index contributed by atoms with van der Waals surface area (Å²) in [7, 11) is 1.65. The van der Waals surface area contributed by atoms with Crippen LogP contribution in [-0.2, 0) is 11.2 Å². The maximum atomic E-state index is 12.6. The number of anilines is 1. The van der Waals surface area contributed by atoms with Crippen molar-refractivity contribution in [1.82, 2.24) is 20.3 Å². The van der Waals surface area contributed by atoms with Crippen LogP contribution in [0.1, 0.15) is 22.5 Å². The molecule has 35 heavy (non-hydrogen) atoms. The molecule has 3 N–H and O–H groups in total. The summed E-state index contributed by atoms with van der Waals surface area (Å²) in [6, 6.07) is 17.4. The lowest BCUT2D eigenvalue weighted by molar-refractivity contribution is -0.115. The first kappa shape index (κ1) is 23.7. The van der Waals surface area contributed by atoms with Crippen molar-refractivity contribution in [2.75, 3.05) is 19.0 Å². The van der Waals surface area contributed by atoms with E-state index in [1.54, 1.807) is 13.2 Å². The van der Waals surface area contributed by atoms with Crippen LogP contribution < -0.4 is 15.4 Å². The molecule has 0 saturated heterocycles. The summed E-state index contributed by atoms with van der Waals surface area (Å²) in [5.74, 6) is 1.17. The number of nitrogens with one attached hydrogen (secondary N) is 3. The Kier molecular flexibility index (Phi) is 7.52. The number of aromatic amines is 1. The van der Waals surface area contributed by atoms with Crippen LogP contribution >= 0.6 is 0 Å². The molecule has 0 atom stereocenters. The highest BCUT2D eigenvalue weighted by molar-refractivity contribution is 6.08. The van der Waals surface area contributed by atoms with Crippen LogP contribution in [-0.4, -0.2) is 40.5 Å². The normalized spacial score (nSPS) is 11.7. The highest BCUT2D eigenvalue weighted by Crippen LogP contribution is 2.23. The number of aliphatic imine (C=N–C) groups is 1. The van der Waals surface area contributed by atoms with Crippen molar-refractivity contribution in [2.45, 2.75) is 20.3 Å². The maximum Gasteiger partial charge on any atom is 0.250 e. The number of rotatable bonds is 7. The number of fused-ring (bicyclic) bond motifs is 1. The number of methoxy groups -OCH3 is 1. The summed E-state index contributed by atoms with van der Waals surface area (Å²) < 4.78 is 5.29. The van der Waals surface area contributed by atoms with Crippen LogP contribution in [0.2, 0.25) is 0 Å². The number of hydrogen-bond donors (Lipinski definition) is 3. The van der Waals surface area contributed by atoms with Gasteiger partial charge in [0.05, 0.1) is 7.11 Å². The third-order valence-corrected chi connectivity index (χ3v) is 5.31. The molecule has 0 fully saturated rings. The molecule has 0 aliphatic carbocycles. The zero-order valence-corrected chi connectivity index (χ0v) is 20.0. The fourth-order valence-corrected chi connectivity index (χ4v) is 3.68. The lowest BCUT2D eigenvalue weighted by atomic mass is 10.1. The predicted molar refractivity (Wildman–Crippen MR) is 140 cm³/mol. The lowest BCUT2D eigenvalue weighted by Gasteiger charge is -2.10. The van der Waals surface area contributed by atoms with E-state index in [9.17, 15) is 4.79 Å². The number of carbonyl (C=O) groups excluding carboxylic acids is 1. The van der Waals surface area contributed by atoms with E-state index >= 15 is 0 Å². The number of aromatic nitrogens is 3. The van der Waals surface area contributed by atoms with Gasteiger partial charge in [-0.3, -0.25) is 20.4 Å². The summed E-state index contributed by atoms with van der Waals surface area (Å²) in [6.45, 7) is 4.24. The van der Waals surface area contributed by atoms with Gasteiger partial charge in [0.1, 0.15) is 5.75 Å². The number of ether oxygens (including phenoxy) is 1. The monoisotopic (exact) mass is 468 g/mol. The number of guanidine groups is 1. The van der Waals surface area contributed by atoms with Gasteiger partial charge >= 0.3 is 0 Å². The van der Waals surface area contributed by atoms with E-state index in [2.05, 4.69) is 30.6 Å². The smallest absolute Gasteiger partial charge is 0.250 e. The van der Waals surface area contributed by atoms with Gasteiger partial charge < -0.3 is 9.72 Å². The molecule has 8 heteroatoms. The Morgan fingerprint density at radius 2 is 1.86 bits per heavy atom. The third-order valence-electron chi connectivity index (χ3n) is 5.31. The molecule has 0 bridgehead atoms. The second-order valence-electron chi connectivity index (χ2n) is 8.04. The fraction of sp³-hybridized carbons (Fsp3) is 0.185. The van der Waals surface area contributed by atoms with Crippen LogP contribution in [0.3, 0.4) is 0 Å². The van der Waals surface area contributed by atoms with Crippen LogP contribution in [0, 0.1) is 13.8 Å². The van der Waals surface area contributed by atoms with Gasteiger partial charge in [-0.15, -0.1) is 0 Å². The summed E-state index contributed by atoms with van der Waals surface area (Å²) in [6.07, 6.45) is 5.88. The minimum atomic E-state index is -0.302. The average Bonchev–Trinajstić information content (AvgIpc) is 3.25. The molecule has 0 spiro atoms. The van der Waals surface area contributed by atoms with Crippen molar-refractivity contribution >= 4 is 34.8 Å². The molecule has 2 aromatic heterocycles. The van der Waals surface area contributed by atoms with Crippen molar-refractivity contribution in [3.05, 3.63) is 89.4 Å². The third kappa shape index (κ3) is 6.54. The van der Waals surface area contributed by atoms with Crippen molar-refractivity contribution in [2.24, 2.45) is 4.99 Å². The first-order valence-electron chi connectivity index (χ1n) is 11.3. The quantitative estimate of drug-likeness (QED) is 0.212. The van der Waals surface area contributed by atoms with Crippen molar-refractivity contribution in [3.8, 4) is 5.75 Å². The minimum Gasteiger partial charge on any atom is -0.497 e. The standard InChI is InChI=1S/C27H28N6O2/c1-18-15-19(2)31-27(30-18)33-26(32-25(34)12-9-20-7-5-4-6-8-20)28-14-13-21-17-29-24-16-22(35-3)10-11-23(21)24/h4-12,15-17,29H,13-14H2,1-3H3,(H2,28,30,31,32,33,34)/b12-9+. The fourth-order valence-electron chi connectivity index (χ4n) is 3.68. The van der Waals surface area contributed by atoms with E-state index in [1.165, 1.54) is 6.08 Å². The minimum absolute atomic E-state index is 0.291. The molecule has 0 aliphatic heterocycles. The Bertz CT molecular complexity index is 1350. The Morgan fingerprint density at radius 3 is 2.60 bits per heavy atom. The molecule has 0 aliphatic rings. The molecule has 0 unspecified atom stereocenters. The molecule has 1 amide bonds. The number of benzene rings is 2. The maximum absolute atomic E-state index is 12.6. The van der Waals surface area contributed by atoms with Gasteiger partial charge in [-0.05, 0) is 55.7 Å². The van der Waals surface area contributed by atoms with E-state index in [-0.39, 0.29) is 5.91 Å². The number of hydrogen-bond acceptors (Lipinski definition) is 5. The van der Waals surface area contributed by atoms with Crippen molar-refractivity contribution < 1.29 is 9.53 Å². The van der Waals surface area contributed by atoms with Gasteiger partial charge in [0, 0.05) is 47.2 Å². The lowest BCUT2D eigenvalue weighted by Crippen LogP contribution is -2.35. The molecular formula is C27H28N6O2. The van der Waals surface area contributed by atoms with E-state index in [4.69, 9.17) is 4.74 Å². The zero-order valence-electron chi connectivity index (χ0n) is 20.0. The first-order valence-corrected chi connectivity index (χ1v) is 11.3. The summed E-state index contributed by atoms with van der Waals surface area (Å²) in [5, 5.41) is 6.99. The molecule has 0 saturated carbocycles. The van der Waals surface area contributed by atoms with E-state index < -0.39 is 0 Å². The Balaban J connectivity index is 1.50. The van der Waals surface area contributed by atoms with Crippen LogP contribution in [0.15, 0.2) is 71.9 Å². The SMILES string of the molecule is COc1ccc2c(CCN=C(NC(=O)/C=C/c3ccccc3)Nc3nc(C)cc(C)n3)c[nH]c2c1. The number of amides is 1. The Labute approximate surface area is 204 Å². The molecule has 4 aromatic rings. The molecule has 2 aromatic carbocycles.